The zero-order chi connectivity index (χ0) is 21.5. The predicted molar refractivity (Wildman–Crippen MR) is 128 cm³/mol. The molecule has 0 radical (unpaired) electrons. The van der Waals surface area contributed by atoms with Crippen molar-refractivity contribution in [2.24, 2.45) is 0 Å². The second-order valence-corrected chi connectivity index (χ2v) is 9.60. The van der Waals surface area contributed by atoms with Crippen molar-refractivity contribution in [2.45, 2.75) is 50.5 Å². The summed E-state index contributed by atoms with van der Waals surface area (Å²) in [6.07, 6.45) is 6.30. The number of hydrogen-bond donors (Lipinski definition) is 1. The second kappa shape index (κ2) is 7.80. The number of nitrogens with one attached hydrogen (secondary N) is 1. The molecule has 3 aliphatic rings. The number of hydrogen-bond acceptors (Lipinski definition) is 5. The van der Waals surface area contributed by atoms with Crippen molar-refractivity contribution in [2.75, 3.05) is 29.9 Å². The Hall–Kier alpha value is -3.08. The fraction of sp³-hybridized carbons (Fsp3) is 0.407. The van der Waals surface area contributed by atoms with Crippen LogP contribution in [0.3, 0.4) is 0 Å². The number of nitrogens with zero attached hydrogens (tertiary/aromatic N) is 3. The number of aromatic nitrogens is 2. The van der Waals surface area contributed by atoms with Crippen molar-refractivity contribution in [3.63, 3.8) is 0 Å². The maximum Gasteiger partial charge on any atom is 0.135 e. The van der Waals surface area contributed by atoms with Crippen LogP contribution in [0.25, 0.3) is 0 Å². The summed E-state index contributed by atoms with van der Waals surface area (Å²) in [5.74, 6) is 2.71. The Balaban J connectivity index is 1.20. The van der Waals surface area contributed by atoms with E-state index in [1.807, 2.05) is 6.07 Å². The Labute approximate surface area is 189 Å². The minimum absolute atomic E-state index is 0.180. The highest BCUT2D eigenvalue weighted by Gasteiger charge is 2.42. The van der Waals surface area contributed by atoms with Gasteiger partial charge in [-0.1, -0.05) is 37.3 Å². The van der Waals surface area contributed by atoms with Crippen LogP contribution < -0.4 is 15.0 Å². The third-order valence-electron chi connectivity index (χ3n) is 7.70. The molecule has 0 saturated carbocycles. The molecule has 1 fully saturated rings. The maximum atomic E-state index is 6.15. The average molecular weight is 427 g/mol. The number of fused-ring (bicyclic) bond motifs is 3. The topological polar surface area (TPSA) is 50.3 Å². The number of piperidine rings is 1. The molecule has 0 bridgehead atoms. The van der Waals surface area contributed by atoms with Crippen LogP contribution in [0.15, 0.2) is 54.9 Å². The zero-order valence-electron chi connectivity index (χ0n) is 18.7. The molecular formula is C27H30N4O. The number of anilines is 2. The molecule has 2 aromatic carbocycles. The van der Waals surface area contributed by atoms with Crippen molar-refractivity contribution in [1.82, 2.24) is 9.97 Å². The van der Waals surface area contributed by atoms with Crippen LogP contribution in [0.1, 0.15) is 54.5 Å². The molecule has 3 aromatic rings. The minimum Gasteiger partial charge on any atom is -0.489 e. The van der Waals surface area contributed by atoms with E-state index in [0.717, 1.165) is 44.6 Å². The molecule has 32 heavy (non-hydrogen) atoms. The van der Waals surface area contributed by atoms with Crippen LogP contribution in [0.4, 0.5) is 11.5 Å². The summed E-state index contributed by atoms with van der Waals surface area (Å²) in [7, 11) is 0. The van der Waals surface area contributed by atoms with E-state index in [1.165, 1.54) is 40.3 Å². The van der Waals surface area contributed by atoms with Crippen LogP contribution in [-0.2, 0) is 18.4 Å². The smallest absolute Gasteiger partial charge is 0.135 e. The van der Waals surface area contributed by atoms with Gasteiger partial charge in [-0.25, -0.2) is 9.97 Å². The second-order valence-electron chi connectivity index (χ2n) is 9.60. The first-order valence-electron chi connectivity index (χ1n) is 11.9. The molecule has 5 nitrogen and oxygen atoms in total. The van der Waals surface area contributed by atoms with Gasteiger partial charge in [0.2, 0.25) is 0 Å². The standard InChI is InChI=1S/C27H30N4O/c1-19-7-9-24-25(19)26(30-18-29-24)31-13-11-27(12-14-31)17-28-23-10-8-21(15-22(23)27)32-16-20-5-3-2-4-6-20/h2-6,8,10,15,18-19,28H,7,9,11-14,16-17H2,1H3. The quantitative estimate of drug-likeness (QED) is 0.631. The maximum absolute atomic E-state index is 6.15. The summed E-state index contributed by atoms with van der Waals surface area (Å²) >= 11 is 0. The van der Waals surface area contributed by atoms with Gasteiger partial charge in [0.25, 0.3) is 0 Å². The van der Waals surface area contributed by atoms with E-state index < -0.39 is 0 Å². The summed E-state index contributed by atoms with van der Waals surface area (Å²) in [5.41, 5.74) is 6.72. The van der Waals surface area contributed by atoms with E-state index in [1.54, 1.807) is 6.33 Å². The van der Waals surface area contributed by atoms with Crippen LogP contribution in [0.5, 0.6) is 5.75 Å². The average Bonchev–Trinajstić information content (AvgIpc) is 3.40. The highest BCUT2D eigenvalue weighted by molar-refractivity contribution is 5.63. The first kappa shape index (κ1) is 19.6. The van der Waals surface area contributed by atoms with Crippen LogP contribution >= 0.6 is 0 Å². The third-order valence-corrected chi connectivity index (χ3v) is 7.70. The Morgan fingerprint density at radius 2 is 1.94 bits per heavy atom. The molecule has 5 heteroatoms. The van der Waals surface area contributed by atoms with E-state index in [0.29, 0.717) is 12.5 Å². The highest BCUT2D eigenvalue weighted by Crippen LogP contribution is 2.47. The lowest BCUT2D eigenvalue weighted by Crippen LogP contribution is -2.44. The lowest BCUT2D eigenvalue weighted by Gasteiger charge is -2.40. The lowest BCUT2D eigenvalue weighted by molar-refractivity contribution is 0.304. The zero-order valence-corrected chi connectivity index (χ0v) is 18.7. The van der Waals surface area contributed by atoms with Gasteiger partial charge in [0.05, 0.1) is 0 Å². The highest BCUT2D eigenvalue weighted by atomic mass is 16.5. The van der Waals surface area contributed by atoms with Gasteiger partial charge < -0.3 is 15.0 Å². The minimum atomic E-state index is 0.180. The van der Waals surface area contributed by atoms with Gasteiger partial charge in [-0.05, 0) is 60.9 Å². The molecule has 1 atom stereocenters. The van der Waals surface area contributed by atoms with E-state index in [4.69, 9.17) is 9.72 Å². The van der Waals surface area contributed by atoms with Gasteiger partial charge in [-0.2, -0.15) is 0 Å². The monoisotopic (exact) mass is 426 g/mol. The Bertz CT molecular complexity index is 1120. The van der Waals surface area contributed by atoms with E-state index >= 15 is 0 Å². The fourth-order valence-electron chi connectivity index (χ4n) is 5.77. The van der Waals surface area contributed by atoms with Gasteiger partial charge in [0.15, 0.2) is 0 Å². The molecule has 6 rings (SSSR count). The molecule has 1 aromatic heterocycles. The molecule has 1 saturated heterocycles. The number of ether oxygens (including phenoxy) is 1. The van der Waals surface area contributed by atoms with E-state index in [-0.39, 0.29) is 5.41 Å². The van der Waals surface area contributed by atoms with Crippen LogP contribution in [-0.4, -0.2) is 29.6 Å². The van der Waals surface area contributed by atoms with Gasteiger partial charge >= 0.3 is 0 Å². The summed E-state index contributed by atoms with van der Waals surface area (Å²) in [5, 5.41) is 3.67. The lowest BCUT2D eigenvalue weighted by atomic mass is 9.74. The molecule has 1 N–H and O–H groups in total. The first-order chi connectivity index (χ1) is 15.7. The Morgan fingerprint density at radius 3 is 2.78 bits per heavy atom. The molecule has 0 amide bonds. The normalized spacial score (nSPS) is 20.7. The SMILES string of the molecule is CC1CCc2ncnc(N3CCC4(CC3)CNc3ccc(OCc5ccccc5)cc34)c21. The van der Waals surface area contributed by atoms with Crippen molar-refractivity contribution >= 4 is 11.5 Å². The molecule has 164 valence electrons. The number of benzene rings is 2. The van der Waals surface area contributed by atoms with E-state index in [2.05, 4.69) is 64.6 Å². The molecule has 1 unspecified atom stereocenters. The van der Waals surface area contributed by atoms with Crippen molar-refractivity contribution in [3.05, 3.63) is 77.2 Å². The molecule has 2 aliphatic heterocycles. The Morgan fingerprint density at radius 1 is 1.09 bits per heavy atom. The van der Waals surface area contributed by atoms with Crippen molar-refractivity contribution in [1.29, 1.82) is 0 Å². The summed E-state index contributed by atoms with van der Waals surface area (Å²) in [6.45, 7) is 6.00. The van der Waals surface area contributed by atoms with Crippen molar-refractivity contribution in [3.8, 4) is 5.75 Å². The molecule has 1 aliphatic carbocycles. The summed E-state index contributed by atoms with van der Waals surface area (Å²) in [4.78, 5) is 11.8. The molecule has 1 spiro atoms. The summed E-state index contributed by atoms with van der Waals surface area (Å²) < 4.78 is 6.15. The third kappa shape index (κ3) is 3.31. The number of aryl methyl sites for hydroxylation is 1. The Kier molecular flexibility index (Phi) is 4.78. The summed E-state index contributed by atoms with van der Waals surface area (Å²) in [6, 6.07) is 16.9. The fourth-order valence-corrected chi connectivity index (χ4v) is 5.77. The van der Waals surface area contributed by atoms with Gasteiger partial charge in [0, 0.05) is 42.0 Å². The number of rotatable bonds is 4. The van der Waals surface area contributed by atoms with Crippen molar-refractivity contribution < 1.29 is 4.74 Å². The van der Waals surface area contributed by atoms with Gasteiger partial charge in [-0.15, -0.1) is 0 Å². The molecular weight excluding hydrogens is 396 g/mol. The van der Waals surface area contributed by atoms with E-state index in [9.17, 15) is 0 Å². The van der Waals surface area contributed by atoms with Gasteiger partial charge in [0.1, 0.15) is 24.5 Å². The van der Waals surface area contributed by atoms with Crippen LogP contribution in [0, 0.1) is 0 Å². The molecule has 3 heterocycles. The van der Waals surface area contributed by atoms with Gasteiger partial charge in [-0.3, -0.25) is 0 Å². The van der Waals surface area contributed by atoms with Crippen LogP contribution in [0.2, 0.25) is 0 Å². The largest absolute Gasteiger partial charge is 0.489 e. The predicted octanol–water partition coefficient (Wildman–Crippen LogP) is 5.07. The first-order valence-corrected chi connectivity index (χ1v) is 11.9.